The van der Waals surface area contributed by atoms with E-state index in [1.54, 1.807) is 32.1 Å². The fourth-order valence-corrected chi connectivity index (χ4v) is 3.95. The van der Waals surface area contributed by atoms with Gasteiger partial charge in [-0.3, -0.25) is 4.79 Å². The largest absolute Gasteiger partial charge is 0.508 e. The molecule has 7 heteroatoms. The number of benzene rings is 2. The van der Waals surface area contributed by atoms with Crippen molar-refractivity contribution in [3.8, 4) is 34.3 Å². The van der Waals surface area contributed by atoms with Crippen molar-refractivity contribution in [2.45, 2.75) is 45.8 Å². The molecular formula is C26H28O7. The van der Waals surface area contributed by atoms with Crippen molar-refractivity contribution in [3.05, 3.63) is 51.7 Å². The van der Waals surface area contributed by atoms with Gasteiger partial charge in [-0.2, -0.15) is 0 Å². The summed E-state index contributed by atoms with van der Waals surface area (Å²) in [6.45, 7) is 7.18. The van der Waals surface area contributed by atoms with Crippen molar-refractivity contribution in [2.24, 2.45) is 5.92 Å². The molecule has 3 aromatic rings. The summed E-state index contributed by atoms with van der Waals surface area (Å²) in [7, 11) is 1.48. The number of rotatable bonds is 4. The number of allylic oxidation sites excluding steroid dienone is 1. The highest BCUT2D eigenvalue weighted by molar-refractivity contribution is 5.92. The van der Waals surface area contributed by atoms with Crippen LogP contribution in [0.25, 0.3) is 28.4 Å². The number of hydrogen-bond donors (Lipinski definition) is 3. The highest BCUT2D eigenvalue weighted by atomic mass is 16.5. The molecule has 4 rings (SSSR count). The van der Waals surface area contributed by atoms with Crippen LogP contribution in [0.3, 0.4) is 0 Å². The monoisotopic (exact) mass is 452 g/mol. The average molecular weight is 453 g/mol. The molecule has 0 aliphatic carbocycles. The van der Waals surface area contributed by atoms with E-state index in [-0.39, 0.29) is 51.9 Å². The van der Waals surface area contributed by atoms with Gasteiger partial charge in [-0.1, -0.05) is 26.0 Å². The molecule has 1 aromatic heterocycles. The zero-order valence-electron chi connectivity index (χ0n) is 19.3. The van der Waals surface area contributed by atoms with Crippen molar-refractivity contribution in [1.29, 1.82) is 0 Å². The smallest absolute Gasteiger partial charge is 0.200 e. The van der Waals surface area contributed by atoms with Gasteiger partial charge in [0.15, 0.2) is 5.43 Å². The first-order valence-electron chi connectivity index (χ1n) is 10.8. The van der Waals surface area contributed by atoms with Crippen molar-refractivity contribution < 1.29 is 29.2 Å². The second-order valence-electron chi connectivity index (χ2n) is 9.20. The maximum absolute atomic E-state index is 13.7. The van der Waals surface area contributed by atoms with Crippen LogP contribution in [0, 0.1) is 5.92 Å². The summed E-state index contributed by atoms with van der Waals surface area (Å²) in [5, 5.41) is 31.8. The lowest BCUT2D eigenvalue weighted by atomic mass is 9.93. The molecule has 0 spiro atoms. The normalized spacial score (nSPS) is 15.9. The lowest BCUT2D eigenvalue weighted by molar-refractivity contribution is -0.0322. The van der Waals surface area contributed by atoms with Gasteiger partial charge in [-0.25, -0.2) is 0 Å². The number of phenols is 2. The number of phenolic OH excluding ortho intramolecular Hbond substituents is 2. The Labute approximate surface area is 191 Å². The number of fused-ring (bicyclic) bond motifs is 4. The average Bonchev–Trinajstić information content (AvgIpc) is 2.89. The van der Waals surface area contributed by atoms with Gasteiger partial charge in [-0.05, 0) is 31.9 Å². The zero-order chi connectivity index (χ0) is 24.1. The van der Waals surface area contributed by atoms with E-state index in [4.69, 9.17) is 13.9 Å². The number of hydrogen-bond acceptors (Lipinski definition) is 7. The standard InChI is InChI=1S/C26H28O7/c1-13(2)6-8-15-18(31-5)12-20-22(23(15)28)24(29)17-11-21(26(3,4)30)32-19-10-14(27)7-9-16(19)25(17)33-20/h6-10,12-13,21,27-28,30H,11H2,1-5H3. The van der Waals surface area contributed by atoms with E-state index < -0.39 is 17.1 Å². The van der Waals surface area contributed by atoms with Crippen LogP contribution in [-0.2, 0) is 6.42 Å². The molecule has 0 saturated heterocycles. The third-order valence-corrected chi connectivity index (χ3v) is 5.78. The Balaban J connectivity index is 2.07. The summed E-state index contributed by atoms with van der Waals surface area (Å²) in [6.07, 6.45) is 2.88. The number of methoxy groups -OCH3 is 1. The summed E-state index contributed by atoms with van der Waals surface area (Å²) in [6, 6.07) is 6.07. The van der Waals surface area contributed by atoms with Crippen LogP contribution < -0.4 is 14.9 Å². The predicted molar refractivity (Wildman–Crippen MR) is 126 cm³/mol. The Morgan fingerprint density at radius 3 is 2.58 bits per heavy atom. The Bertz CT molecular complexity index is 1310. The molecule has 1 atom stereocenters. The van der Waals surface area contributed by atoms with Crippen molar-refractivity contribution >= 4 is 17.0 Å². The van der Waals surface area contributed by atoms with Gasteiger partial charge in [0.1, 0.15) is 45.8 Å². The fourth-order valence-electron chi connectivity index (χ4n) is 3.95. The molecule has 0 fully saturated rings. The highest BCUT2D eigenvalue weighted by Gasteiger charge is 2.36. The third-order valence-electron chi connectivity index (χ3n) is 5.78. The minimum Gasteiger partial charge on any atom is -0.508 e. The van der Waals surface area contributed by atoms with Gasteiger partial charge < -0.3 is 29.2 Å². The summed E-state index contributed by atoms with van der Waals surface area (Å²) >= 11 is 0. The Hall–Kier alpha value is -3.45. The number of aliphatic hydroxyl groups is 1. The molecule has 33 heavy (non-hydrogen) atoms. The molecule has 0 saturated carbocycles. The molecule has 1 unspecified atom stereocenters. The predicted octanol–water partition coefficient (Wildman–Crippen LogP) is 4.62. The third kappa shape index (κ3) is 4.04. The summed E-state index contributed by atoms with van der Waals surface area (Å²) in [4.78, 5) is 13.7. The van der Waals surface area contributed by atoms with Crippen LogP contribution in [0.2, 0.25) is 0 Å². The van der Waals surface area contributed by atoms with Crippen LogP contribution in [0.15, 0.2) is 39.6 Å². The quantitative estimate of drug-likeness (QED) is 0.530. The van der Waals surface area contributed by atoms with E-state index in [0.717, 1.165) is 0 Å². The molecule has 174 valence electrons. The maximum atomic E-state index is 13.7. The molecule has 0 amide bonds. The fraction of sp³-hybridized carbons (Fsp3) is 0.346. The lowest BCUT2D eigenvalue weighted by Gasteiger charge is -2.28. The Morgan fingerprint density at radius 1 is 1.21 bits per heavy atom. The number of aromatic hydroxyl groups is 2. The first-order valence-corrected chi connectivity index (χ1v) is 10.8. The molecule has 1 aliphatic heterocycles. The van der Waals surface area contributed by atoms with Crippen LogP contribution >= 0.6 is 0 Å². The SMILES string of the molecule is COc1cc2oc3c(c(=O)c2c(O)c1C=CC(C)C)CC(C(C)(C)O)Oc1cc(O)ccc1-3. The molecule has 0 bridgehead atoms. The zero-order valence-corrected chi connectivity index (χ0v) is 19.3. The van der Waals surface area contributed by atoms with E-state index in [9.17, 15) is 20.1 Å². The van der Waals surface area contributed by atoms with Crippen LogP contribution in [0.1, 0.15) is 38.8 Å². The first kappa shape index (κ1) is 22.7. The summed E-state index contributed by atoms with van der Waals surface area (Å²) in [5.74, 6) is 0.901. The van der Waals surface area contributed by atoms with E-state index >= 15 is 0 Å². The second kappa shape index (κ2) is 8.15. The van der Waals surface area contributed by atoms with E-state index in [1.807, 2.05) is 19.9 Å². The summed E-state index contributed by atoms with van der Waals surface area (Å²) in [5.41, 5.74) is -0.409. The van der Waals surface area contributed by atoms with Gasteiger partial charge in [0, 0.05) is 24.1 Å². The van der Waals surface area contributed by atoms with Gasteiger partial charge in [0.2, 0.25) is 0 Å². The van der Waals surface area contributed by atoms with Gasteiger partial charge in [0.05, 0.1) is 23.8 Å². The number of ether oxygens (including phenoxy) is 2. The second-order valence-corrected chi connectivity index (χ2v) is 9.20. The molecule has 0 radical (unpaired) electrons. The van der Waals surface area contributed by atoms with Gasteiger partial charge in [-0.15, -0.1) is 0 Å². The van der Waals surface area contributed by atoms with Crippen molar-refractivity contribution in [1.82, 2.24) is 0 Å². The van der Waals surface area contributed by atoms with Gasteiger partial charge >= 0.3 is 0 Å². The highest BCUT2D eigenvalue weighted by Crippen LogP contribution is 2.43. The minimum absolute atomic E-state index is 0.0178. The molecule has 2 heterocycles. The van der Waals surface area contributed by atoms with Crippen molar-refractivity contribution in [3.63, 3.8) is 0 Å². The Morgan fingerprint density at radius 2 is 1.94 bits per heavy atom. The first-order chi connectivity index (χ1) is 15.5. The van der Waals surface area contributed by atoms with E-state index in [2.05, 4.69) is 0 Å². The maximum Gasteiger partial charge on any atom is 0.200 e. The molecule has 1 aliphatic rings. The van der Waals surface area contributed by atoms with Gasteiger partial charge in [0.25, 0.3) is 0 Å². The van der Waals surface area contributed by atoms with Crippen LogP contribution in [-0.4, -0.2) is 34.1 Å². The van der Waals surface area contributed by atoms with Crippen molar-refractivity contribution in [2.75, 3.05) is 7.11 Å². The van der Waals surface area contributed by atoms with E-state index in [0.29, 0.717) is 16.9 Å². The summed E-state index contributed by atoms with van der Waals surface area (Å²) < 4.78 is 17.6. The van der Waals surface area contributed by atoms with Crippen LogP contribution in [0.4, 0.5) is 0 Å². The minimum atomic E-state index is -1.29. The molecule has 3 N–H and O–H groups in total. The topological polar surface area (TPSA) is 109 Å². The molecule has 7 nitrogen and oxygen atoms in total. The Kier molecular flexibility index (Phi) is 5.62. The molecular weight excluding hydrogens is 424 g/mol. The molecule has 2 aromatic carbocycles. The van der Waals surface area contributed by atoms with Crippen LogP contribution in [0.5, 0.6) is 23.0 Å². The lowest BCUT2D eigenvalue weighted by Crippen LogP contribution is -2.42. The van der Waals surface area contributed by atoms with E-state index in [1.165, 1.54) is 19.2 Å².